The molecule has 0 aliphatic heterocycles. The fourth-order valence-electron chi connectivity index (χ4n) is 1.83. The molecule has 2 N–H and O–H groups in total. The third-order valence-electron chi connectivity index (χ3n) is 2.75. The fraction of sp³-hybridized carbons (Fsp3) is 0.0714. The minimum absolute atomic E-state index is 0.0311. The average Bonchev–Trinajstić information content (AvgIpc) is 2.37. The molecule has 0 radical (unpaired) electrons. The number of benzene rings is 2. The molecule has 0 aromatic heterocycles. The Hall–Kier alpha value is -2.37. The van der Waals surface area contributed by atoms with Gasteiger partial charge in [0, 0.05) is 5.56 Å². The first-order chi connectivity index (χ1) is 9.29. The lowest BCUT2D eigenvalue weighted by atomic mass is 9.97. The number of primary amides is 1. The van der Waals surface area contributed by atoms with E-state index in [1.54, 1.807) is 0 Å². The van der Waals surface area contributed by atoms with Gasteiger partial charge >= 0.3 is 6.18 Å². The number of hydrogen-bond donors (Lipinski definition) is 1. The van der Waals surface area contributed by atoms with E-state index < -0.39 is 23.5 Å². The highest BCUT2D eigenvalue weighted by atomic mass is 19.4. The van der Waals surface area contributed by atoms with Crippen LogP contribution in [0.1, 0.15) is 15.9 Å². The maximum Gasteiger partial charge on any atom is 0.416 e. The molecule has 2 aromatic rings. The molecular formula is C14H9F4NO. The SMILES string of the molecule is NC(=O)c1ccc(F)cc1-c1cccc(C(F)(F)F)c1. The summed E-state index contributed by atoms with van der Waals surface area (Å²) in [6, 6.07) is 7.44. The van der Waals surface area contributed by atoms with Gasteiger partial charge in [-0.1, -0.05) is 12.1 Å². The summed E-state index contributed by atoms with van der Waals surface area (Å²) in [5.74, 6) is -1.50. The molecule has 2 nitrogen and oxygen atoms in total. The summed E-state index contributed by atoms with van der Waals surface area (Å²) in [6.07, 6.45) is -4.52. The van der Waals surface area contributed by atoms with Crippen LogP contribution < -0.4 is 5.73 Å². The van der Waals surface area contributed by atoms with Crippen molar-refractivity contribution in [1.29, 1.82) is 0 Å². The van der Waals surface area contributed by atoms with Gasteiger partial charge in [-0.25, -0.2) is 4.39 Å². The largest absolute Gasteiger partial charge is 0.416 e. The highest BCUT2D eigenvalue weighted by Crippen LogP contribution is 2.33. The van der Waals surface area contributed by atoms with Gasteiger partial charge in [0.05, 0.1) is 5.56 Å². The van der Waals surface area contributed by atoms with Crippen LogP contribution in [-0.4, -0.2) is 5.91 Å². The van der Waals surface area contributed by atoms with E-state index in [0.717, 1.165) is 30.3 Å². The molecule has 0 heterocycles. The maximum atomic E-state index is 13.3. The number of hydrogen-bond acceptors (Lipinski definition) is 1. The van der Waals surface area contributed by atoms with Crippen LogP contribution in [0.4, 0.5) is 17.6 Å². The predicted octanol–water partition coefficient (Wildman–Crippen LogP) is 3.61. The zero-order valence-electron chi connectivity index (χ0n) is 10.0. The van der Waals surface area contributed by atoms with Crippen LogP contribution in [0.5, 0.6) is 0 Å². The van der Waals surface area contributed by atoms with Gasteiger partial charge in [0.2, 0.25) is 5.91 Å². The van der Waals surface area contributed by atoms with Gasteiger partial charge in [0.15, 0.2) is 0 Å². The molecule has 0 bridgehead atoms. The lowest BCUT2D eigenvalue weighted by molar-refractivity contribution is -0.137. The number of halogens is 4. The molecule has 0 atom stereocenters. The van der Waals surface area contributed by atoms with Gasteiger partial charge in [-0.2, -0.15) is 13.2 Å². The first-order valence-corrected chi connectivity index (χ1v) is 5.56. The summed E-state index contributed by atoms with van der Waals surface area (Å²) in [6.45, 7) is 0. The number of alkyl halides is 3. The minimum atomic E-state index is -4.52. The summed E-state index contributed by atoms with van der Waals surface area (Å²) >= 11 is 0. The van der Waals surface area contributed by atoms with Crippen LogP contribution in [0.15, 0.2) is 42.5 Å². The minimum Gasteiger partial charge on any atom is -0.366 e. The summed E-state index contributed by atoms with van der Waals surface area (Å²) in [7, 11) is 0. The van der Waals surface area contributed by atoms with Crippen molar-refractivity contribution in [2.75, 3.05) is 0 Å². The molecule has 0 aliphatic rings. The van der Waals surface area contributed by atoms with E-state index in [1.165, 1.54) is 12.1 Å². The molecule has 0 saturated carbocycles. The van der Waals surface area contributed by atoms with Crippen LogP contribution in [0.2, 0.25) is 0 Å². The number of nitrogens with two attached hydrogens (primary N) is 1. The van der Waals surface area contributed by atoms with Crippen molar-refractivity contribution in [2.45, 2.75) is 6.18 Å². The highest BCUT2D eigenvalue weighted by molar-refractivity contribution is 5.99. The number of rotatable bonds is 2. The van der Waals surface area contributed by atoms with E-state index in [1.807, 2.05) is 0 Å². The van der Waals surface area contributed by atoms with Crippen LogP contribution in [0, 0.1) is 5.82 Å². The number of amides is 1. The Morgan fingerprint density at radius 2 is 1.75 bits per heavy atom. The van der Waals surface area contributed by atoms with Gasteiger partial charge < -0.3 is 5.73 Å². The zero-order chi connectivity index (χ0) is 14.9. The smallest absolute Gasteiger partial charge is 0.366 e. The topological polar surface area (TPSA) is 43.1 Å². The van der Waals surface area contributed by atoms with E-state index in [2.05, 4.69) is 0 Å². The molecule has 1 amide bonds. The zero-order valence-corrected chi connectivity index (χ0v) is 10.0. The van der Waals surface area contributed by atoms with E-state index in [-0.39, 0.29) is 16.7 Å². The Morgan fingerprint density at radius 1 is 1.05 bits per heavy atom. The molecular weight excluding hydrogens is 274 g/mol. The van der Waals surface area contributed by atoms with Gasteiger partial charge in [0.1, 0.15) is 5.82 Å². The van der Waals surface area contributed by atoms with Crippen molar-refractivity contribution in [3.8, 4) is 11.1 Å². The van der Waals surface area contributed by atoms with Crippen LogP contribution in [0.3, 0.4) is 0 Å². The lowest BCUT2D eigenvalue weighted by Gasteiger charge is -2.11. The van der Waals surface area contributed by atoms with Gasteiger partial charge in [-0.05, 0) is 41.5 Å². The number of carbonyl (C=O) groups is 1. The second kappa shape index (κ2) is 4.96. The van der Waals surface area contributed by atoms with Crippen molar-refractivity contribution >= 4 is 5.91 Å². The maximum absolute atomic E-state index is 13.3. The van der Waals surface area contributed by atoms with Crippen LogP contribution >= 0.6 is 0 Å². The normalized spacial score (nSPS) is 11.4. The second-order valence-electron chi connectivity index (χ2n) is 4.13. The van der Waals surface area contributed by atoms with Crippen molar-refractivity contribution < 1.29 is 22.4 Å². The Morgan fingerprint density at radius 3 is 2.35 bits per heavy atom. The van der Waals surface area contributed by atoms with Crippen LogP contribution in [-0.2, 0) is 6.18 Å². The summed E-state index contributed by atoms with van der Waals surface area (Å²) < 4.78 is 51.2. The van der Waals surface area contributed by atoms with Crippen molar-refractivity contribution in [3.63, 3.8) is 0 Å². The molecule has 20 heavy (non-hydrogen) atoms. The van der Waals surface area contributed by atoms with Crippen LogP contribution in [0.25, 0.3) is 11.1 Å². The first kappa shape index (κ1) is 14.0. The average molecular weight is 283 g/mol. The van der Waals surface area contributed by atoms with Gasteiger partial charge in [0.25, 0.3) is 0 Å². The Kier molecular flexibility index (Phi) is 3.48. The molecule has 0 unspecified atom stereocenters. The molecule has 0 spiro atoms. The third kappa shape index (κ3) is 2.79. The second-order valence-corrected chi connectivity index (χ2v) is 4.13. The fourth-order valence-corrected chi connectivity index (χ4v) is 1.83. The van der Waals surface area contributed by atoms with Gasteiger partial charge in [-0.3, -0.25) is 4.79 Å². The first-order valence-electron chi connectivity index (χ1n) is 5.56. The van der Waals surface area contributed by atoms with Gasteiger partial charge in [-0.15, -0.1) is 0 Å². The van der Waals surface area contributed by atoms with E-state index in [0.29, 0.717) is 0 Å². The third-order valence-corrected chi connectivity index (χ3v) is 2.75. The Labute approximate surface area is 111 Å². The van der Waals surface area contributed by atoms with E-state index in [4.69, 9.17) is 5.73 Å². The monoisotopic (exact) mass is 283 g/mol. The summed E-state index contributed by atoms with van der Waals surface area (Å²) in [4.78, 5) is 11.3. The standard InChI is InChI=1S/C14H9F4NO/c15-10-4-5-11(13(19)20)12(7-10)8-2-1-3-9(6-8)14(16,17)18/h1-7H,(H2,19,20). The van der Waals surface area contributed by atoms with Crippen molar-refractivity contribution in [1.82, 2.24) is 0 Å². The lowest BCUT2D eigenvalue weighted by Crippen LogP contribution is -2.12. The highest BCUT2D eigenvalue weighted by Gasteiger charge is 2.30. The number of carbonyl (C=O) groups excluding carboxylic acids is 1. The van der Waals surface area contributed by atoms with Crippen molar-refractivity contribution in [2.24, 2.45) is 5.73 Å². The molecule has 0 fully saturated rings. The Balaban J connectivity index is 2.62. The summed E-state index contributed by atoms with van der Waals surface area (Å²) in [5.41, 5.74) is 4.33. The molecule has 2 rings (SSSR count). The van der Waals surface area contributed by atoms with E-state index >= 15 is 0 Å². The molecule has 0 saturated heterocycles. The Bertz CT molecular complexity index is 664. The summed E-state index contributed by atoms with van der Waals surface area (Å²) in [5, 5.41) is 0. The molecule has 6 heteroatoms. The quantitative estimate of drug-likeness (QED) is 0.841. The van der Waals surface area contributed by atoms with E-state index in [9.17, 15) is 22.4 Å². The molecule has 104 valence electrons. The molecule has 0 aliphatic carbocycles. The molecule has 2 aromatic carbocycles. The van der Waals surface area contributed by atoms with Crippen molar-refractivity contribution in [3.05, 3.63) is 59.4 Å². The predicted molar refractivity (Wildman–Crippen MR) is 65.4 cm³/mol.